The highest BCUT2D eigenvalue weighted by atomic mass is 16.5. The first-order valence-corrected chi connectivity index (χ1v) is 10.3. The lowest BCUT2D eigenvalue weighted by atomic mass is 10.1. The molecule has 0 fully saturated rings. The van der Waals surface area contributed by atoms with Crippen LogP contribution in [-0.4, -0.2) is 42.4 Å². The second-order valence-corrected chi connectivity index (χ2v) is 7.28. The van der Waals surface area contributed by atoms with Crippen LogP contribution < -0.4 is 30.8 Å². The number of methoxy groups -OCH3 is 2. The molecule has 0 aliphatic heterocycles. The number of nitrogens with one attached hydrogen (secondary N) is 1. The van der Waals surface area contributed by atoms with Crippen molar-refractivity contribution < 1.29 is 14.3 Å². The monoisotopic (exact) mass is 440 g/mol. The van der Waals surface area contributed by atoms with Gasteiger partial charge in [0.15, 0.2) is 11.5 Å². The van der Waals surface area contributed by atoms with E-state index in [0.29, 0.717) is 46.9 Å². The largest absolute Gasteiger partial charge is 0.493 e. The van der Waals surface area contributed by atoms with Gasteiger partial charge in [0, 0.05) is 32.7 Å². The molecule has 3 rings (SSSR count). The summed E-state index contributed by atoms with van der Waals surface area (Å²) in [5.41, 5.74) is 1.58. The van der Waals surface area contributed by atoms with Crippen molar-refractivity contribution in [2.45, 2.75) is 13.8 Å². The van der Waals surface area contributed by atoms with Crippen LogP contribution in [0, 0.1) is 0 Å². The first-order chi connectivity index (χ1) is 15.3. The number of fused-ring (bicyclic) bond motifs is 1. The van der Waals surface area contributed by atoms with Crippen molar-refractivity contribution >= 4 is 28.3 Å². The maximum atomic E-state index is 13.1. The standard InChI is InChI=1S/C23H28N4O5/c1-7-27(8-2)16-13-18-17(25(3)22(29)23(30)26(18)4)12-15(16)24-21(28)14-9-10-19(31-5)20(11-14)32-6/h9-13H,7-8H2,1-6H3,(H,24,28). The third kappa shape index (κ3) is 3.93. The highest BCUT2D eigenvalue weighted by molar-refractivity contribution is 6.07. The number of nitrogens with zero attached hydrogens (tertiary/aromatic N) is 3. The Kier molecular flexibility index (Phi) is 6.57. The molecule has 0 saturated carbocycles. The van der Waals surface area contributed by atoms with Gasteiger partial charge >= 0.3 is 11.1 Å². The Labute approximate surface area is 185 Å². The normalized spacial score (nSPS) is 10.8. The van der Waals surface area contributed by atoms with E-state index in [1.807, 2.05) is 19.9 Å². The lowest BCUT2D eigenvalue weighted by Crippen LogP contribution is -2.39. The Morgan fingerprint density at radius 3 is 2.00 bits per heavy atom. The van der Waals surface area contributed by atoms with Gasteiger partial charge in [0.05, 0.1) is 36.6 Å². The maximum Gasteiger partial charge on any atom is 0.316 e. The van der Waals surface area contributed by atoms with Crippen molar-refractivity contribution in [3.8, 4) is 11.5 Å². The van der Waals surface area contributed by atoms with E-state index in [1.165, 1.54) is 23.4 Å². The topological polar surface area (TPSA) is 94.8 Å². The van der Waals surface area contributed by atoms with E-state index >= 15 is 0 Å². The molecule has 1 amide bonds. The van der Waals surface area contributed by atoms with Crippen LogP contribution >= 0.6 is 0 Å². The number of benzene rings is 2. The number of aromatic nitrogens is 2. The third-order valence-electron chi connectivity index (χ3n) is 5.61. The summed E-state index contributed by atoms with van der Waals surface area (Å²) in [6.45, 7) is 5.41. The van der Waals surface area contributed by atoms with E-state index in [4.69, 9.17) is 9.47 Å². The smallest absolute Gasteiger partial charge is 0.316 e. The molecule has 0 radical (unpaired) electrons. The number of hydrogen-bond acceptors (Lipinski definition) is 6. The number of ether oxygens (including phenoxy) is 2. The molecule has 1 aromatic heterocycles. The molecule has 2 aromatic carbocycles. The summed E-state index contributed by atoms with van der Waals surface area (Å²) in [7, 11) is 6.15. The van der Waals surface area contributed by atoms with Crippen LogP contribution in [0.4, 0.5) is 11.4 Å². The van der Waals surface area contributed by atoms with Gasteiger partial charge in [-0.3, -0.25) is 14.4 Å². The number of carbonyl (C=O) groups is 1. The molecule has 0 aliphatic carbocycles. The van der Waals surface area contributed by atoms with Gasteiger partial charge in [-0.25, -0.2) is 0 Å². The van der Waals surface area contributed by atoms with Crippen molar-refractivity contribution in [3.63, 3.8) is 0 Å². The van der Waals surface area contributed by atoms with E-state index in [1.54, 1.807) is 38.4 Å². The SMILES string of the molecule is CCN(CC)c1cc2c(cc1NC(=O)c1ccc(OC)c(OC)c1)n(C)c(=O)c(=O)n2C. The molecule has 1 heterocycles. The lowest BCUT2D eigenvalue weighted by molar-refractivity contribution is 0.102. The van der Waals surface area contributed by atoms with Gasteiger partial charge in [-0.15, -0.1) is 0 Å². The van der Waals surface area contributed by atoms with E-state index in [-0.39, 0.29) is 5.91 Å². The van der Waals surface area contributed by atoms with Crippen molar-refractivity contribution in [2.24, 2.45) is 14.1 Å². The van der Waals surface area contributed by atoms with E-state index in [0.717, 1.165) is 5.69 Å². The Morgan fingerprint density at radius 2 is 1.47 bits per heavy atom. The fourth-order valence-corrected chi connectivity index (χ4v) is 3.71. The summed E-state index contributed by atoms with van der Waals surface area (Å²) in [6.07, 6.45) is 0. The van der Waals surface area contributed by atoms with Crippen molar-refractivity contribution in [2.75, 3.05) is 37.5 Å². The fourth-order valence-electron chi connectivity index (χ4n) is 3.71. The van der Waals surface area contributed by atoms with Gasteiger partial charge in [0.2, 0.25) is 0 Å². The number of hydrogen-bond donors (Lipinski definition) is 1. The summed E-state index contributed by atoms with van der Waals surface area (Å²) in [6, 6.07) is 8.47. The van der Waals surface area contributed by atoms with Gasteiger partial charge in [0.1, 0.15) is 0 Å². The van der Waals surface area contributed by atoms with Crippen LogP contribution in [0.3, 0.4) is 0 Å². The van der Waals surface area contributed by atoms with Crippen LogP contribution in [0.2, 0.25) is 0 Å². The van der Waals surface area contributed by atoms with Crippen molar-refractivity contribution in [1.29, 1.82) is 0 Å². The average Bonchev–Trinajstić information content (AvgIpc) is 2.81. The Balaban J connectivity index is 2.18. The van der Waals surface area contributed by atoms with E-state index in [9.17, 15) is 14.4 Å². The second-order valence-electron chi connectivity index (χ2n) is 7.28. The molecule has 170 valence electrons. The Hall–Kier alpha value is -3.75. The minimum atomic E-state index is -0.632. The molecule has 0 unspecified atom stereocenters. The van der Waals surface area contributed by atoms with Gasteiger partial charge in [-0.1, -0.05) is 0 Å². The molecule has 0 spiro atoms. The summed E-state index contributed by atoms with van der Waals surface area (Å²) in [5, 5.41) is 2.96. The zero-order chi connectivity index (χ0) is 23.6. The van der Waals surface area contributed by atoms with Crippen LogP contribution in [0.25, 0.3) is 11.0 Å². The highest BCUT2D eigenvalue weighted by Gasteiger charge is 2.18. The van der Waals surface area contributed by atoms with Crippen LogP contribution in [0.1, 0.15) is 24.2 Å². The number of anilines is 2. The Morgan fingerprint density at radius 1 is 0.906 bits per heavy atom. The third-order valence-corrected chi connectivity index (χ3v) is 5.61. The summed E-state index contributed by atoms with van der Waals surface area (Å²) in [5.74, 6) is 0.628. The molecule has 0 saturated heterocycles. The number of amides is 1. The number of rotatable bonds is 7. The zero-order valence-electron chi connectivity index (χ0n) is 19.2. The minimum absolute atomic E-state index is 0.339. The predicted molar refractivity (Wildman–Crippen MR) is 125 cm³/mol. The predicted octanol–water partition coefficient (Wildman–Crippen LogP) is 2.35. The molecule has 0 atom stereocenters. The molecular weight excluding hydrogens is 412 g/mol. The fraction of sp³-hybridized carbons (Fsp3) is 0.348. The molecule has 0 bridgehead atoms. The molecular formula is C23H28N4O5. The van der Waals surface area contributed by atoms with Gasteiger partial charge < -0.3 is 28.8 Å². The number of carbonyl (C=O) groups excluding carboxylic acids is 1. The molecule has 1 N–H and O–H groups in total. The minimum Gasteiger partial charge on any atom is -0.493 e. The number of aryl methyl sites for hydroxylation is 2. The van der Waals surface area contributed by atoms with Crippen molar-refractivity contribution in [3.05, 3.63) is 56.6 Å². The van der Waals surface area contributed by atoms with Gasteiger partial charge in [0.25, 0.3) is 5.91 Å². The molecule has 9 heteroatoms. The zero-order valence-corrected chi connectivity index (χ0v) is 19.2. The first-order valence-electron chi connectivity index (χ1n) is 10.3. The first kappa shape index (κ1) is 22.9. The second kappa shape index (κ2) is 9.17. The molecule has 32 heavy (non-hydrogen) atoms. The highest BCUT2D eigenvalue weighted by Crippen LogP contribution is 2.32. The quantitative estimate of drug-likeness (QED) is 0.567. The molecule has 9 nitrogen and oxygen atoms in total. The van der Waals surface area contributed by atoms with E-state index < -0.39 is 11.1 Å². The maximum absolute atomic E-state index is 13.1. The lowest BCUT2D eigenvalue weighted by Gasteiger charge is -2.25. The van der Waals surface area contributed by atoms with Crippen LogP contribution in [-0.2, 0) is 14.1 Å². The van der Waals surface area contributed by atoms with Gasteiger partial charge in [-0.2, -0.15) is 0 Å². The Bertz CT molecular complexity index is 1290. The summed E-state index contributed by atoms with van der Waals surface area (Å²) in [4.78, 5) is 39.8. The average molecular weight is 441 g/mol. The summed E-state index contributed by atoms with van der Waals surface area (Å²) >= 11 is 0. The van der Waals surface area contributed by atoms with E-state index in [2.05, 4.69) is 10.2 Å². The molecule has 3 aromatic rings. The van der Waals surface area contributed by atoms with Crippen LogP contribution in [0.5, 0.6) is 11.5 Å². The van der Waals surface area contributed by atoms with Crippen molar-refractivity contribution in [1.82, 2.24) is 9.13 Å². The van der Waals surface area contributed by atoms with Crippen LogP contribution in [0.15, 0.2) is 39.9 Å². The molecule has 0 aliphatic rings. The summed E-state index contributed by atoms with van der Waals surface area (Å²) < 4.78 is 13.2. The van der Waals surface area contributed by atoms with Gasteiger partial charge in [-0.05, 0) is 44.2 Å².